The van der Waals surface area contributed by atoms with E-state index in [0.29, 0.717) is 12.5 Å². The second kappa shape index (κ2) is 5.31. The van der Waals surface area contributed by atoms with Crippen LogP contribution < -0.4 is 9.80 Å². The Morgan fingerprint density at radius 1 is 1.41 bits per heavy atom. The van der Waals surface area contributed by atoms with Crippen LogP contribution in [0.15, 0.2) is 12.3 Å². The first-order valence-corrected chi connectivity index (χ1v) is 6.07. The van der Waals surface area contributed by atoms with E-state index >= 15 is 0 Å². The maximum absolute atomic E-state index is 9.11. The van der Waals surface area contributed by atoms with E-state index in [9.17, 15) is 0 Å². The third-order valence-electron chi connectivity index (χ3n) is 2.90. The Labute approximate surface area is 102 Å². The van der Waals surface area contributed by atoms with Crippen molar-refractivity contribution in [3.05, 3.63) is 12.3 Å². The van der Waals surface area contributed by atoms with E-state index in [0.717, 1.165) is 18.3 Å². The lowest BCUT2D eigenvalue weighted by molar-refractivity contribution is 0.301. The zero-order valence-corrected chi connectivity index (χ0v) is 10.5. The lowest BCUT2D eigenvalue weighted by atomic mass is 10.3. The van der Waals surface area contributed by atoms with Gasteiger partial charge in [-0.1, -0.05) is 0 Å². The molecule has 1 N–H and O–H groups in total. The van der Waals surface area contributed by atoms with Gasteiger partial charge in [0.2, 0.25) is 5.95 Å². The van der Waals surface area contributed by atoms with Crippen molar-refractivity contribution >= 4 is 11.8 Å². The molecule has 0 atom stereocenters. The largest absolute Gasteiger partial charge is 0.395 e. The van der Waals surface area contributed by atoms with Crippen LogP contribution in [0, 0.1) is 5.92 Å². The van der Waals surface area contributed by atoms with Crippen LogP contribution in [-0.4, -0.2) is 48.9 Å². The molecule has 5 nitrogen and oxygen atoms in total. The predicted molar refractivity (Wildman–Crippen MR) is 68.4 cm³/mol. The van der Waals surface area contributed by atoms with E-state index in [1.165, 1.54) is 12.8 Å². The highest BCUT2D eigenvalue weighted by atomic mass is 16.3. The van der Waals surface area contributed by atoms with Gasteiger partial charge in [0.25, 0.3) is 0 Å². The molecule has 5 heteroatoms. The summed E-state index contributed by atoms with van der Waals surface area (Å²) in [4.78, 5) is 12.7. The molecule has 0 bridgehead atoms. The summed E-state index contributed by atoms with van der Waals surface area (Å²) in [5.41, 5.74) is 0. The van der Waals surface area contributed by atoms with E-state index < -0.39 is 0 Å². The molecule has 0 amide bonds. The fourth-order valence-electron chi connectivity index (χ4n) is 1.76. The summed E-state index contributed by atoms with van der Waals surface area (Å²) in [5, 5.41) is 9.11. The van der Waals surface area contributed by atoms with E-state index in [1.54, 1.807) is 6.20 Å². The number of anilines is 2. The van der Waals surface area contributed by atoms with Crippen molar-refractivity contribution in [2.45, 2.75) is 12.8 Å². The molecule has 0 saturated heterocycles. The quantitative estimate of drug-likeness (QED) is 0.790. The number of aliphatic hydroxyl groups excluding tert-OH is 1. The van der Waals surface area contributed by atoms with Gasteiger partial charge in [-0.05, 0) is 24.8 Å². The maximum Gasteiger partial charge on any atom is 0.226 e. The number of aliphatic hydroxyl groups is 1. The summed E-state index contributed by atoms with van der Waals surface area (Å²) in [6, 6.07) is 1.91. The van der Waals surface area contributed by atoms with Gasteiger partial charge in [-0.15, -0.1) is 0 Å². The Kier molecular flexibility index (Phi) is 3.78. The molecule has 0 unspecified atom stereocenters. The molecule has 1 fully saturated rings. The van der Waals surface area contributed by atoms with Gasteiger partial charge in [-0.3, -0.25) is 0 Å². The smallest absolute Gasteiger partial charge is 0.226 e. The maximum atomic E-state index is 9.11. The molecule has 17 heavy (non-hydrogen) atoms. The van der Waals surface area contributed by atoms with Gasteiger partial charge < -0.3 is 14.9 Å². The molecule has 1 aliphatic carbocycles. The molecule has 94 valence electrons. The average molecular weight is 236 g/mol. The van der Waals surface area contributed by atoms with Crippen molar-refractivity contribution in [2.75, 3.05) is 43.6 Å². The van der Waals surface area contributed by atoms with E-state index in [4.69, 9.17) is 5.11 Å². The topological polar surface area (TPSA) is 52.5 Å². The molecule has 1 saturated carbocycles. The zero-order chi connectivity index (χ0) is 12.3. The van der Waals surface area contributed by atoms with Crippen molar-refractivity contribution in [2.24, 2.45) is 5.92 Å². The highest BCUT2D eigenvalue weighted by Gasteiger charge is 2.24. The van der Waals surface area contributed by atoms with E-state index in [-0.39, 0.29) is 6.61 Å². The predicted octanol–water partition coefficient (Wildman–Crippen LogP) is 0.751. The standard InChI is InChI=1S/C12H20N4O/c1-15(2)12-13-6-5-11(14-12)16(7-8-17)9-10-3-4-10/h5-6,10,17H,3-4,7-9H2,1-2H3. The first kappa shape index (κ1) is 12.1. The van der Waals surface area contributed by atoms with Gasteiger partial charge in [0.15, 0.2) is 0 Å². The normalized spacial score (nSPS) is 14.8. The average Bonchev–Trinajstić information content (AvgIpc) is 3.12. The third kappa shape index (κ3) is 3.30. The molecule has 1 heterocycles. The van der Waals surface area contributed by atoms with E-state index in [1.807, 2.05) is 25.1 Å². The Balaban J connectivity index is 2.12. The second-order valence-corrected chi connectivity index (χ2v) is 4.72. The van der Waals surface area contributed by atoms with Crippen LogP contribution in [0.25, 0.3) is 0 Å². The highest BCUT2D eigenvalue weighted by molar-refractivity contribution is 5.43. The second-order valence-electron chi connectivity index (χ2n) is 4.72. The van der Waals surface area contributed by atoms with Gasteiger partial charge in [-0.2, -0.15) is 4.98 Å². The van der Waals surface area contributed by atoms with Crippen LogP contribution in [0.2, 0.25) is 0 Å². The van der Waals surface area contributed by atoms with Gasteiger partial charge in [0.05, 0.1) is 6.61 Å². The van der Waals surface area contributed by atoms with Gasteiger partial charge >= 0.3 is 0 Å². The number of hydrogen-bond donors (Lipinski definition) is 1. The molecule has 1 aliphatic rings. The third-order valence-corrected chi connectivity index (χ3v) is 2.90. The fraction of sp³-hybridized carbons (Fsp3) is 0.667. The number of hydrogen-bond acceptors (Lipinski definition) is 5. The minimum atomic E-state index is 0.161. The van der Waals surface area contributed by atoms with Crippen molar-refractivity contribution in [3.63, 3.8) is 0 Å². The summed E-state index contributed by atoms with van der Waals surface area (Å²) in [7, 11) is 3.85. The van der Waals surface area contributed by atoms with Crippen LogP contribution in [0.3, 0.4) is 0 Å². The lowest BCUT2D eigenvalue weighted by Crippen LogP contribution is -2.30. The minimum Gasteiger partial charge on any atom is -0.395 e. The van der Waals surface area contributed by atoms with Crippen molar-refractivity contribution < 1.29 is 5.11 Å². The first-order valence-electron chi connectivity index (χ1n) is 6.07. The Morgan fingerprint density at radius 2 is 2.18 bits per heavy atom. The van der Waals surface area contributed by atoms with Crippen LogP contribution in [-0.2, 0) is 0 Å². The zero-order valence-electron chi connectivity index (χ0n) is 10.5. The molecule has 2 rings (SSSR count). The van der Waals surface area contributed by atoms with Gasteiger partial charge in [0.1, 0.15) is 5.82 Å². The molecule has 0 spiro atoms. The summed E-state index contributed by atoms with van der Waals surface area (Å²) in [6.07, 6.45) is 4.37. The fourth-order valence-corrected chi connectivity index (χ4v) is 1.76. The van der Waals surface area contributed by atoms with Crippen LogP contribution in [0.1, 0.15) is 12.8 Å². The molecule has 1 aromatic heterocycles. The summed E-state index contributed by atoms with van der Waals surface area (Å²) in [6.45, 7) is 1.79. The number of aromatic nitrogens is 2. The monoisotopic (exact) mass is 236 g/mol. The van der Waals surface area contributed by atoms with Gasteiger partial charge in [0, 0.05) is 33.4 Å². The molecule has 1 aromatic rings. The SMILES string of the molecule is CN(C)c1nccc(N(CCO)CC2CC2)n1. The van der Waals surface area contributed by atoms with Crippen molar-refractivity contribution in [3.8, 4) is 0 Å². The summed E-state index contributed by atoms with van der Waals surface area (Å²) < 4.78 is 0. The van der Waals surface area contributed by atoms with Crippen molar-refractivity contribution in [1.82, 2.24) is 9.97 Å². The summed E-state index contributed by atoms with van der Waals surface area (Å²) >= 11 is 0. The van der Waals surface area contributed by atoms with Gasteiger partial charge in [-0.25, -0.2) is 4.98 Å². The van der Waals surface area contributed by atoms with Crippen molar-refractivity contribution in [1.29, 1.82) is 0 Å². The first-order chi connectivity index (χ1) is 8.20. The van der Waals surface area contributed by atoms with E-state index in [2.05, 4.69) is 14.9 Å². The number of rotatable bonds is 6. The minimum absolute atomic E-state index is 0.161. The highest BCUT2D eigenvalue weighted by Crippen LogP contribution is 2.31. The molecule has 0 radical (unpaired) electrons. The lowest BCUT2D eigenvalue weighted by Gasteiger charge is -2.23. The van der Waals surface area contributed by atoms with Crippen LogP contribution in [0.5, 0.6) is 0 Å². The molecule has 0 aromatic carbocycles. The number of nitrogens with zero attached hydrogens (tertiary/aromatic N) is 4. The molecule has 0 aliphatic heterocycles. The summed E-state index contributed by atoms with van der Waals surface area (Å²) in [5.74, 6) is 2.39. The Bertz CT molecular complexity index is 365. The Hall–Kier alpha value is -1.36. The van der Waals surface area contributed by atoms with Crippen LogP contribution in [0.4, 0.5) is 11.8 Å². The van der Waals surface area contributed by atoms with Crippen LogP contribution >= 0.6 is 0 Å². The molecular formula is C12H20N4O. The Morgan fingerprint density at radius 3 is 2.76 bits per heavy atom. The molecular weight excluding hydrogens is 216 g/mol.